The molecular formula is C17H10ClNS. The van der Waals surface area contributed by atoms with Crippen molar-refractivity contribution in [1.82, 2.24) is 4.98 Å². The summed E-state index contributed by atoms with van der Waals surface area (Å²) in [6.07, 6.45) is 1.83. The minimum absolute atomic E-state index is 0.736. The number of hydrogen-bond donors (Lipinski definition) is 0. The molecular weight excluding hydrogens is 286 g/mol. The smallest absolute Gasteiger partial charge is 0.113 e. The van der Waals surface area contributed by atoms with Crippen molar-refractivity contribution in [3.8, 4) is 23.0 Å². The van der Waals surface area contributed by atoms with Gasteiger partial charge in [0.1, 0.15) is 5.69 Å². The van der Waals surface area contributed by atoms with Gasteiger partial charge >= 0.3 is 0 Å². The Labute approximate surface area is 126 Å². The van der Waals surface area contributed by atoms with Gasteiger partial charge in [-0.1, -0.05) is 35.9 Å². The van der Waals surface area contributed by atoms with E-state index in [4.69, 9.17) is 11.6 Å². The molecule has 0 unspecified atom stereocenters. The first kappa shape index (κ1) is 12.9. The van der Waals surface area contributed by atoms with Crippen LogP contribution >= 0.6 is 22.9 Å². The minimum Gasteiger partial charge on any atom is -0.247 e. The van der Waals surface area contributed by atoms with Gasteiger partial charge in [-0.25, -0.2) is 4.98 Å². The molecule has 0 fully saturated rings. The molecule has 0 aliphatic rings. The molecule has 0 aliphatic carbocycles. The summed E-state index contributed by atoms with van der Waals surface area (Å²) < 4.78 is 0. The molecule has 0 N–H and O–H groups in total. The molecule has 0 atom stereocenters. The predicted octanol–water partition coefficient (Wildman–Crippen LogP) is 4.86. The third-order valence-corrected chi connectivity index (χ3v) is 3.81. The van der Waals surface area contributed by atoms with Crippen LogP contribution in [0, 0.1) is 11.8 Å². The molecule has 0 bridgehead atoms. The lowest BCUT2D eigenvalue weighted by Crippen LogP contribution is -1.84. The Balaban J connectivity index is 1.82. The highest BCUT2D eigenvalue weighted by Gasteiger charge is 1.98. The molecule has 0 saturated carbocycles. The molecule has 96 valence electrons. The van der Waals surface area contributed by atoms with E-state index in [0.29, 0.717) is 0 Å². The van der Waals surface area contributed by atoms with Crippen molar-refractivity contribution < 1.29 is 0 Å². The van der Waals surface area contributed by atoms with Crippen molar-refractivity contribution in [2.75, 3.05) is 0 Å². The summed E-state index contributed by atoms with van der Waals surface area (Å²) >= 11 is 7.51. The number of benzene rings is 1. The Morgan fingerprint density at radius 1 is 0.900 bits per heavy atom. The summed E-state index contributed by atoms with van der Waals surface area (Å²) in [5, 5.41) is 2.75. The van der Waals surface area contributed by atoms with Crippen LogP contribution in [-0.2, 0) is 0 Å². The van der Waals surface area contributed by atoms with Crippen LogP contribution in [0.25, 0.3) is 11.1 Å². The topological polar surface area (TPSA) is 12.9 Å². The van der Waals surface area contributed by atoms with Crippen molar-refractivity contribution in [2.45, 2.75) is 0 Å². The number of halogens is 1. The summed E-state index contributed by atoms with van der Waals surface area (Å²) in [5.41, 5.74) is 2.93. The van der Waals surface area contributed by atoms with E-state index in [9.17, 15) is 0 Å². The highest BCUT2D eigenvalue weighted by Crippen LogP contribution is 2.20. The number of thiophene rings is 1. The zero-order valence-electron chi connectivity index (χ0n) is 10.5. The molecule has 2 aromatic heterocycles. The molecule has 2 heterocycles. The van der Waals surface area contributed by atoms with E-state index in [0.717, 1.165) is 26.7 Å². The van der Waals surface area contributed by atoms with E-state index in [2.05, 4.69) is 16.8 Å². The predicted molar refractivity (Wildman–Crippen MR) is 85.0 cm³/mol. The molecule has 0 amide bonds. The van der Waals surface area contributed by atoms with Gasteiger partial charge in [0.05, 0.1) is 4.88 Å². The van der Waals surface area contributed by atoms with Crippen LogP contribution < -0.4 is 0 Å². The summed E-state index contributed by atoms with van der Waals surface area (Å²) in [6.45, 7) is 0. The maximum Gasteiger partial charge on any atom is 0.113 e. The van der Waals surface area contributed by atoms with Crippen LogP contribution in [0.4, 0.5) is 0 Å². The average Bonchev–Trinajstić information content (AvgIpc) is 3.00. The van der Waals surface area contributed by atoms with Gasteiger partial charge < -0.3 is 0 Å². The van der Waals surface area contributed by atoms with Gasteiger partial charge in [-0.05, 0) is 47.0 Å². The van der Waals surface area contributed by atoms with Crippen molar-refractivity contribution in [3.63, 3.8) is 0 Å². The molecule has 0 aliphatic heterocycles. The average molecular weight is 296 g/mol. The summed E-state index contributed by atoms with van der Waals surface area (Å²) in [6, 6.07) is 15.7. The van der Waals surface area contributed by atoms with Crippen molar-refractivity contribution in [2.24, 2.45) is 0 Å². The molecule has 0 radical (unpaired) electrons. The van der Waals surface area contributed by atoms with E-state index >= 15 is 0 Å². The number of hydrogen-bond acceptors (Lipinski definition) is 2. The molecule has 3 rings (SSSR count). The van der Waals surface area contributed by atoms with Gasteiger partial charge in [0.25, 0.3) is 0 Å². The number of rotatable bonds is 1. The van der Waals surface area contributed by atoms with Gasteiger partial charge in [-0.2, -0.15) is 0 Å². The van der Waals surface area contributed by atoms with Crippen molar-refractivity contribution in [1.29, 1.82) is 0 Å². The lowest BCUT2D eigenvalue weighted by Gasteiger charge is -2.01. The maximum absolute atomic E-state index is 5.88. The summed E-state index contributed by atoms with van der Waals surface area (Å²) in [7, 11) is 0. The largest absolute Gasteiger partial charge is 0.247 e. The first-order valence-corrected chi connectivity index (χ1v) is 7.34. The SMILES string of the molecule is Clc1ccc(-c2ccc(C#Cc3cccs3)nc2)cc1. The van der Waals surface area contributed by atoms with E-state index in [-0.39, 0.29) is 0 Å². The second kappa shape index (κ2) is 5.92. The lowest BCUT2D eigenvalue weighted by molar-refractivity contribution is 1.29. The molecule has 0 spiro atoms. The maximum atomic E-state index is 5.88. The molecule has 3 aromatic rings. The quantitative estimate of drug-likeness (QED) is 0.584. The zero-order valence-corrected chi connectivity index (χ0v) is 12.1. The van der Waals surface area contributed by atoms with Crippen LogP contribution in [0.15, 0.2) is 60.1 Å². The second-order valence-electron chi connectivity index (χ2n) is 4.17. The van der Waals surface area contributed by atoms with E-state index in [1.807, 2.05) is 60.1 Å². The van der Waals surface area contributed by atoms with E-state index in [1.54, 1.807) is 11.3 Å². The molecule has 20 heavy (non-hydrogen) atoms. The van der Waals surface area contributed by atoms with Crippen LogP contribution in [0.5, 0.6) is 0 Å². The van der Waals surface area contributed by atoms with Gasteiger partial charge in [0.2, 0.25) is 0 Å². The normalized spacial score (nSPS) is 9.85. The zero-order chi connectivity index (χ0) is 13.8. The van der Waals surface area contributed by atoms with E-state index in [1.165, 1.54) is 0 Å². The Hall–Kier alpha value is -2.08. The number of pyridine rings is 1. The fraction of sp³-hybridized carbons (Fsp3) is 0. The number of aromatic nitrogens is 1. The Bertz CT molecular complexity index is 747. The third-order valence-electron chi connectivity index (χ3n) is 2.78. The monoisotopic (exact) mass is 295 g/mol. The Morgan fingerprint density at radius 3 is 2.35 bits per heavy atom. The molecule has 3 heteroatoms. The Kier molecular flexibility index (Phi) is 3.83. The highest BCUT2D eigenvalue weighted by molar-refractivity contribution is 7.10. The van der Waals surface area contributed by atoms with Crippen molar-refractivity contribution >= 4 is 22.9 Å². The minimum atomic E-state index is 0.736. The van der Waals surface area contributed by atoms with Crippen LogP contribution in [0.1, 0.15) is 10.6 Å². The van der Waals surface area contributed by atoms with Crippen molar-refractivity contribution in [3.05, 3.63) is 75.7 Å². The summed E-state index contributed by atoms with van der Waals surface area (Å²) in [5.74, 6) is 6.16. The van der Waals surface area contributed by atoms with Crippen LogP contribution in [0.3, 0.4) is 0 Å². The lowest BCUT2D eigenvalue weighted by atomic mass is 10.1. The van der Waals surface area contributed by atoms with Crippen LogP contribution in [-0.4, -0.2) is 4.98 Å². The summed E-state index contributed by atoms with van der Waals surface area (Å²) in [4.78, 5) is 5.42. The van der Waals surface area contributed by atoms with E-state index < -0.39 is 0 Å². The van der Waals surface area contributed by atoms with Gasteiger partial charge in [0.15, 0.2) is 0 Å². The standard InChI is InChI=1S/C17H10ClNS/c18-15-6-3-13(4-7-15)14-5-8-16(19-12-14)9-10-17-2-1-11-20-17/h1-8,11-12H. The van der Waals surface area contributed by atoms with Crippen LogP contribution in [0.2, 0.25) is 5.02 Å². The first-order chi connectivity index (χ1) is 9.81. The van der Waals surface area contributed by atoms with Gasteiger partial charge in [-0.3, -0.25) is 0 Å². The fourth-order valence-electron chi connectivity index (χ4n) is 1.76. The molecule has 0 saturated heterocycles. The first-order valence-electron chi connectivity index (χ1n) is 6.09. The molecule has 1 nitrogen and oxygen atoms in total. The highest BCUT2D eigenvalue weighted by atomic mass is 35.5. The second-order valence-corrected chi connectivity index (χ2v) is 5.55. The third kappa shape index (κ3) is 3.08. The Morgan fingerprint density at radius 2 is 1.70 bits per heavy atom. The molecule has 1 aromatic carbocycles. The van der Waals surface area contributed by atoms with Gasteiger partial charge in [-0.15, -0.1) is 11.3 Å². The van der Waals surface area contributed by atoms with Gasteiger partial charge in [0, 0.05) is 16.8 Å². The fourth-order valence-corrected chi connectivity index (χ4v) is 2.45. The number of nitrogens with zero attached hydrogens (tertiary/aromatic N) is 1.